The molecule has 0 saturated carbocycles. The van der Waals surface area contributed by atoms with Gasteiger partial charge >= 0.3 is 0 Å². The lowest BCUT2D eigenvalue weighted by Gasteiger charge is -2.23. The number of fused-ring (bicyclic) bond motifs is 1. The van der Waals surface area contributed by atoms with Crippen molar-refractivity contribution in [3.8, 4) is 0 Å². The molecule has 2 aromatic rings. The molecule has 18 heavy (non-hydrogen) atoms. The highest BCUT2D eigenvalue weighted by atomic mass is 16.5. The minimum atomic E-state index is 0.373. The van der Waals surface area contributed by atoms with E-state index in [1.54, 1.807) is 0 Å². The van der Waals surface area contributed by atoms with Gasteiger partial charge in [0.1, 0.15) is 0 Å². The molecule has 1 fully saturated rings. The van der Waals surface area contributed by atoms with Crippen molar-refractivity contribution >= 4 is 16.5 Å². The van der Waals surface area contributed by atoms with Gasteiger partial charge in [-0.15, -0.1) is 0 Å². The molecule has 94 valence electrons. The second-order valence-corrected chi connectivity index (χ2v) is 4.90. The first kappa shape index (κ1) is 11.5. The minimum Gasteiger partial charge on any atom is -0.382 e. The van der Waals surface area contributed by atoms with Crippen LogP contribution in [0.15, 0.2) is 42.5 Å². The van der Waals surface area contributed by atoms with Crippen molar-refractivity contribution < 1.29 is 4.74 Å². The Morgan fingerprint density at radius 3 is 2.83 bits per heavy atom. The zero-order valence-electron chi connectivity index (χ0n) is 10.6. The molecule has 2 heteroatoms. The molecular formula is C16H19NO. The summed E-state index contributed by atoms with van der Waals surface area (Å²) in [5, 5.41) is 6.10. The normalized spacial score (nSPS) is 19.9. The highest BCUT2D eigenvalue weighted by molar-refractivity contribution is 5.93. The summed E-state index contributed by atoms with van der Waals surface area (Å²) in [6, 6.07) is 14.9. The third kappa shape index (κ3) is 2.49. The predicted octanol–water partition coefficient (Wildman–Crippen LogP) is 3.82. The fourth-order valence-electron chi connectivity index (χ4n) is 2.57. The molecule has 1 aliphatic rings. The average molecular weight is 241 g/mol. The molecule has 0 radical (unpaired) electrons. The van der Waals surface area contributed by atoms with Crippen LogP contribution in [0, 0.1) is 0 Å². The van der Waals surface area contributed by atoms with E-state index in [1.807, 2.05) is 0 Å². The molecule has 1 heterocycles. The standard InChI is InChI=1S/C16H19NO/c1-2-9-15-13(6-1)7-5-10-16(15)17-12-14-8-3-4-11-18-14/h1-2,5-7,9-10,14,17H,3-4,8,11-12H2. The molecule has 1 unspecified atom stereocenters. The lowest BCUT2D eigenvalue weighted by molar-refractivity contribution is 0.0248. The summed E-state index contributed by atoms with van der Waals surface area (Å²) < 4.78 is 5.75. The van der Waals surface area contributed by atoms with Gasteiger partial charge in [-0.2, -0.15) is 0 Å². The number of benzene rings is 2. The van der Waals surface area contributed by atoms with Crippen LogP contribution in [-0.4, -0.2) is 19.3 Å². The predicted molar refractivity (Wildman–Crippen MR) is 76.0 cm³/mol. The molecule has 0 bridgehead atoms. The first-order valence-corrected chi connectivity index (χ1v) is 6.77. The summed E-state index contributed by atoms with van der Waals surface area (Å²) in [6.45, 7) is 1.83. The van der Waals surface area contributed by atoms with Crippen LogP contribution >= 0.6 is 0 Å². The van der Waals surface area contributed by atoms with Gasteiger partial charge in [0, 0.05) is 24.2 Å². The van der Waals surface area contributed by atoms with Gasteiger partial charge < -0.3 is 10.1 Å². The zero-order chi connectivity index (χ0) is 12.2. The van der Waals surface area contributed by atoms with Gasteiger partial charge in [0.2, 0.25) is 0 Å². The number of ether oxygens (including phenoxy) is 1. The van der Waals surface area contributed by atoms with Crippen molar-refractivity contribution in [3.63, 3.8) is 0 Å². The molecular weight excluding hydrogens is 222 g/mol. The molecule has 0 spiro atoms. The van der Waals surface area contributed by atoms with Crippen molar-refractivity contribution in [2.75, 3.05) is 18.5 Å². The van der Waals surface area contributed by atoms with Crippen molar-refractivity contribution in [2.24, 2.45) is 0 Å². The Bertz CT molecular complexity index is 512. The first-order chi connectivity index (χ1) is 8.93. The number of nitrogens with one attached hydrogen (secondary N) is 1. The maximum atomic E-state index is 5.75. The van der Waals surface area contributed by atoms with Crippen LogP contribution in [0.1, 0.15) is 19.3 Å². The molecule has 0 aromatic heterocycles. The van der Waals surface area contributed by atoms with Gasteiger partial charge in [0.15, 0.2) is 0 Å². The minimum absolute atomic E-state index is 0.373. The first-order valence-electron chi connectivity index (χ1n) is 6.77. The molecule has 2 nitrogen and oxygen atoms in total. The third-order valence-corrected chi connectivity index (χ3v) is 3.58. The van der Waals surface area contributed by atoms with Crippen LogP contribution < -0.4 is 5.32 Å². The van der Waals surface area contributed by atoms with Crippen LogP contribution in [0.3, 0.4) is 0 Å². The van der Waals surface area contributed by atoms with Crippen LogP contribution in [0.25, 0.3) is 10.8 Å². The third-order valence-electron chi connectivity index (χ3n) is 3.58. The maximum Gasteiger partial charge on any atom is 0.0747 e. The van der Waals surface area contributed by atoms with Crippen molar-refractivity contribution in [1.29, 1.82) is 0 Å². The van der Waals surface area contributed by atoms with Gasteiger partial charge in [-0.05, 0) is 30.7 Å². The van der Waals surface area contributed by atoms with Crippen molar-refractivity contribution in [1.82, 2.24) is 0 Å². The fraction of sp³-hybridized carbons (Fsp3) is 0.375. The highest BCUT2D eigenvalue weighted by Crippen LogP contribution is 2.23. The van der Waals surface area contributed by atoms with E-state index in [0.717, 1.165) is 13.2 Å². The molecule has 1 N–H and O–H groups in total. The van der Waals surface area contributed by atoms with E-state index in [9.17, 15) is 0 Å². The van der Waals surface area contributed by atoms with Crippen LogP contribution in [-0.2, 0) is 4.74 Å². The quantitative estimate of drug-likeness (QED) is 0.882. The van der Waals surface area contributed by atoms with Gasteiger partial charge in [-0.1, -0.05) is 36.4 Å². The number of hydrogen-bond acceptors (Lipinski definition) is 2. The molecule has 3 rings (SSSR count). The lowest BCUT2D eigenvalue weighted by atomic mass is 10.1. The lowest BCUT2D eigenvalue weighted by Crippen LogP contribution is -2.27. The molecule has 0 amide bonds. The van der Waals surface area contributed by atoms with Crippen LogP contribution in [0.5, 0.6) is 0 Å². The topological polar surface area (TPSA) is 21.3 Å². The van der Waals surface area contributed by atoms with E-state index in [-0.39, 0.29) is 0 Å². The Hall–Kier alpha value is -1.54. The highest BCUT2D eigenvalue weighted by Gasteiger charge is 2.13. The monoisotopic (exact) mass is 241 g/mol. The summed E-state index contributed by atoms with van der Waals surface area (Å²) in [7, 11) is 0. The van der Waals surface area contributed by atoms with Gasteiger partial charge in [-0.3, -0.25) is 0 Å². The SMILES string of the molecule is c1ccc2c(NCC3CCCCO3)cccc2c1. The van der Waals surface area contributed by atoms with Gasteiger partial charge in [0.25, 0.3) is 0 Å². The zero-order valence-corrected chi connectivity index (χ0v) is 10.6. The van der Waals surface area contributed by atoms with E-state index in [0.29, 0.717) is 6.10 Å². The Balaban J connectivity index is 1.74. The summed E-state index contributed by atoms with van der Waals surface area (Å²) in [5.74, 6) is 0. The average Bonchev–Trinajstić information content (AvgIpc) is 2.46. The summed E-state index contributed by atoms with van der Waals surface area (Å²) in [6.07, 6.45) is 4.06. The summed E-state index contributed by atoms with van der Waals surface area (Å²) in [5.41, 5.74) is 1.21. The van der Waals surface area contributed by atoms with E-state index in [4.69, 9.17) is 4.74 Å². The van der Waals surface area contributed by atoms with Crippen LogP contribution in [0.4, 0.5) is 5.69 Å². The van der Waals surface area contributed by atoms with E-state index in [1.165, 1.54) is 35.7 Å². The number of anilines is 1. The Morgan fingerprint density at radius 2 is 1.94 bits per heavy atom. The van der Waals surface area contributed by atoms with Gasteiger partial charge in [0.05, 0.1) is 6.10 Å². The van der Waals surface area contributed by atoms with E-state index < -0.39 is 0 Å². The summed E-state index contributed by atoms with van der Waals surface area (Å²) >= 11 is 0. The second-order valence-electron chi connectivity index (χ2n) is 4.90. The van der Waals surface area contributed by atoms with Crippen molar-refractivity contribution in [3.05, 3.63) is 42.5 Å². The Labute approximate surface area is 108 Å². The Kier molecular flexibility index (Phi) is 3.47. The largest absolute Gasteiger partial charge is 0.382 e. The Morgan fingerprint density at radius 1 is 1.06 bits per heavy atom. The van der Waals surface area contributed by atoms with Gasteiger partial charge in [-0.25, -0.2) is 0 Å². The second kappa shape index (κ2) is 5.40. The number of hydrogen-bond donors (Lipinski definition) is 1. The molecule has 1 atom stereocenters. The number of rotatable bonds is 3. The molecule has 2 aromatic carbocycles. The van der Waals surface area contributed by atoms with E-state index in [2.05, 4.69) is 47.8 Å². The fourth-order valence-corrected chi connectivity index (χ4v) is 2.57. The van der Waals surface area contributed by atoms with E-state index >= 15 is 0 Å². The molecule has 1 saturated heterocycles. The van der Waals surface area contributed by atoms with Crippen LogP contribution in [0.2, 0.25) is 0 Å². The maximum absolute atomic E-state index is 5.75. The van der Waals surface area contributed by atoms with Crippen molar-refractivity contribution in [2.45, 2.75) is 25.4 Å². The molecule has 1 aliphatic heterocycles. The molecule has 0 aliphatic carbocycles. The smallest absolute Gasteiger partial charge is 0.0747 e. The summed E-state index contributed by atoms with van der Waals surface area (Å²) in [4.78, 5) is 0.